The van der Waals surface area contributed by atoms with E-state index in [1.165, 1.54) is 0 Å². The van der Waals surface area contributed by atoms with Gasteiger partial charge in [0.05, 0.1) is 12.2 Å². The number of carbonyl (C=O) groups is 2. The molecule has 0 spiro atoms. The van der Waals surface area contributed by atoms with E-state index in [1.54, 1.807) is 0 Å². The Balaban J connectivity index is 1.50. The van der Waals surface area contributed by atoms with Crippen LogP contribution in [0.3, 0.4) is 0 Å². The summed E-state index contributed by atoms with van der Waals surface area (Å²) < 4.78 is 5.85. The molecular weight excluding hydrogens is 330 g/mol. The Morgan fingerprint density at radius 3 is 2.69 bits per heavy atom. The van der Waals surface area contributed by atoms with Crippen molar-refractivity contribution in [3.63, 3.8) is 0 Å². The van der Waals surface area contributed by atoms with Gasteiger partial charge in [-0.1, -0.05) is 0 Å². The van der Waals surface area contributed by atoms with E-state index in [0.717, 1.165) is 55.5 Å². The molecule has 0 aromatic heterocycles. The second-order valence-electron chi connectivity index (χ2n) is 7.53. The summed E-state index contributed by atoms with van der Waals surface area (Å²) in [7, 11) is 0. The lowest BCUT2D eigenvalue weighted by molar-refractivity contribution is -0.116. The number of amides is 3. The van der Waals surface area contributed by atoms with Crippen LogP contribution in [0.2, 0.25) is 0 Å². The molecule has 26 heavy (non-hydrogen) atoms. The van der Waals surface area contributed by atoms with Crippen molar-refractivity contribution >= 4 is 23.3 Å². The Morgan fingerprint density at radius 2 is 1.96 bits per heavy atom. The minimum absolute atomic E-state index is 0.0549. The quantitative estimate of drug-likeness (QED) is 0.764. The average molecular weight is 359 g/mol. The molecule has 1 aliphatic carbocycles. The monoisotopic (exact) mass is 359 g/mol. The summed E-state index contributed by atoms with van der Waals surface area (Å²) in [6, 6.07) is 5.67. The van der Waals surface area contributed by atoms with Gasteiger partial charge in [-0.3, -0.25) is 4.79 Å². The van der Waals surface area contributed by atoms with E-state index in [0.29, 0.717) is 12.5 Å². The first-order valence-electron chi connectivity index (χ1n) is 9.65. The third-order valence-corrected chi connectivity index (χ3v) is 4.96. The zero-order chi connectivity index (χ0) is 18.5. The highest BCUT2D eigenvalue weighted by molar-refractivity contribution is 5.94. The number of hydrogen-bond acceptors (Lipinski definition) is 3. The van der Waals surface area contributed by atoms with Crippen molar-refractivity contribution in [2.24, 2.45) is 0 Å². The molecule has 6 heteroatoms. The molecule has 1 aromatic rings. The van der Waals surface area contributed by atoms with E-state index in [9.17, 15) is 9.59 Å². The van der Waals surface area contributed by atoms with E-state index in [-0.39, 0.29) is 24.1 Å². The minimum Gasteiger partial charge on any atom is -0.376 e. The maximum atomic E-state index is 12.3. The lowest BCUT2D eigenvalue weighted by Gasteiger charge is -2.30. The predicted octanol–water partition coefficient (Wildman–Crippen LogP) is 3.82. The molecule has 6 nitrogen and oxygen atoms in total. The van der Waals surface area contributed by atoms with E-state index in [4.69, 9.17) is 4.74 Å². The smallest absolute Gasteiger partial charge is 0.319 e. The SMILES string of the molecule is CC(C)OC1CCC(NC(=O)Nc2ccc3c(c2)CCCC(=O)N3)CC1. The number of rotatable bonds is 4. The molecule has 3 rings (SSSR count). The van der Waals surface area contributed by atoms with Crippen molar-refractivity contribution in [3.05, 3.63) is 23.8 Å². The Bertz CT molecular complexity index is 652. The summed E-state index contributed by atoms with van der Waals surface area (Å²) in [6.45, 7) is 4.12. The molecule has 0 atom stereocenters. The molecule has 0 bridgehead atoms. The van der Waals surface area contributed by atoms with Crippen molar-refractivity contribution in [1.82, 2.24) is 5.32 Å². The second-order valence-corrected chi connectivity index (χ2v) is 7.53. The molecule has 3 N–H and O–H groups in total. The summed E-state index contributed by atoms with van der Waals surface area (Å²) in [6.07, 6.45) is 6.65. The average Bonchev–Trinajstić information content (AvgIpc) is 2.76. The van der Waals surface area contributed by atoms with Gasteiger partial charge in [-0.15, -0.1) is 0 Å². The molecule has 1 saturated carbocycles. The van der Waals surface area contributed by atoms with Crippen molar-refractivity contribution in [2.45, 2.75) is 77.0 Å². The van der Waals surface area contributed by atoms with Gasteiger partial charge >= 0.3 is 6.03 Å². The number of fused-ring (bicyclic) bond motifs is 1. The van der Waals surface area contributed by atoms with Crippen LogP contribution < -0.4 is 16.0 Å². The summed E-state index contributed by atoms with van der Waals surface area (Å²) in [4.78, 5) is 23.9. The van der Waals surface area contributed by atoms with Crippen LogP contribution in [0, 0.1) is 0 Å². The van der Waals surface area contributed by atoms with Crippen LogP contribution in [0.5, 0.6) is 0 Å². The van der Waals surface area contributed by atoms with Crippen LogP contribution in [-0.2, 0) is 16.0 Å². The van der Waals surface area contributed by atoms with Gasteiger partial charge in [0, 0.05) is 23.8 Å². The molecule has 1 aromatic carbocycles. The van der Waals surface area contributed by atoms with Gasteiger partial charge in [0.15, 0.2) is 0 Å². The standard InChI is InChI=1S/C20H29N3O3/c1-13(2)26-17-9-6-15(7-10-17)21-20(25)22-16-8-11-18-14(12-16)4-3-5-19(24)23-18/h8,11-13,15,17H,3-7,9-10H2,1-2H3,(H,23,24)(H2,21,22,25). The van der Waals surface area contributed by atoms with Gasteiger partial charge < -0.3 is 20.7 Å². The Labute approximate surface area is 155 Å². The summed E-state index contributed by atoms with van der Waals surface area (Å²) in [5, 5.41) is 8.89. The predicted molar refractivity (Wildman–Crippen MR) is 102 cm³/mol. The van der Waals surface area contributed by atoms with E-state index >= 15 is 0 Å². The molecule has 1 heterocycles. The number of ether oxygens (including phenoxy) is 1. The van der Waals surface area contributed by atoms with Crippen LogP contribution in [0.25, 0.3) is 0 Å². The van der Waals surface area contributed by atoms with Crippen LogP contribution >= 0.6 is 0 Å². The minimum atomic E-state index is -0.171. The highest BCUT2D eigenvalue weighted by atomic mass is 16.5. The first-order valence-corrected chi connectivity index (χ1v) is 9.65. The Kier molecular flexibility index (Phi) is 6.14. The molecule has 0 radical (unpaired) electrons. The number of hydrogen-bond donors (Lipinski definition) is 3. The number of benzene rings is 1. The van der Waals surface area contributed by atoms with Crippen LogP contribution in [0.1, 0.15) is 57.9 Å². The summed E-state index contributed by atoms with van der Waals surface area (Å²) in [5.41, 5.74) is 2.68. The zero-order valence-corrected chi connectivity index (χ0v) is 15.6. The highest BCUT2D eigenvalue weighted by Crippen LogP contribution is 2.26. The van der Waals surface area contributed by atoms with Crippen LogP contribution in [0.15, 0.2) is 18.2 Å². The van der Waals surface area contributed by atoms with Gasteiger partial charge in [-0.25, -0.2) is 4.79 Å². The normalized spacial score (nSPS) is 23.0. The van der Waals surface area contributed by atoms with Gasteiger partial charge in [-0.2, -0.15) is 0 Å². The third kappa shape index (κ3) is 5.21. The number of aryl methyl sites for hydroxylation is 1. The molecule has 3 amide bonds. The molecule has 2 aliphatic rings. The topological polar surface area (TPSA) is 79.5 Å². The van der Waals surface area contributed by atoms with Crippen molar-refractivity contribution in [1.29, 1.82) is 0 Å². The van der Waals surface area contributed by atoms with Gasteiger partial charge in [0.25, 0.3) is 0 Å². The maximum Gasteiger partial charge on any atom is 0.319 e. The van der Waals surface area contributed by atoms with Gasteiger partial charge in [0.2, 0.25) is 5.91 Å². The first kappa shape index (κ1) is 18.7. The number of urea groups is 1. The van der Waals surface area contributed by atoms with Crippen LogP contribution in [-0.4, -0.2) is 30.2 Å². The van der Waals surface area contributed by atoms with Gasteiger partial charge in [-0.05, 0) is 76.1 Å². The van der Waals surface area contributed by atoms with Crippen LogP contribution in [0.4, 0.5) is 16.2 Å². The largest absolute Gasteiger partial charge is 0.376 e. The fourth-order valence-electron chi connectivity index (χ4n) is 3.73. The summed E-state index contributed by atoms with van der Waals surface area (Å²) in [5.74, 6) is 0.0549. The first-order chi connectivity index (χ1) is 12.5. The molecule has 1 aliphatic heterocycles. The Hall–Kier alpha value is -2.08. The van der Waals surface area contributed by atoms with E-state index < -0.39 is 0 Å². The number of nitrogens with one attached hydrogen (secondary N) is 3. The molecule has 1 fully saturated rings. The van der Waals surface area contributed by atoms with E-state index in [2.05, 4.69) is 29.8 Å². The lowest BCUT2D eigenvalue weighted by Crippen LogP contribution is -2.41. The third-order valence-electron chi connectivity index (χ3n) is 4.96. The van der Waals surface area contributed by atoms with Crippen molar-refractivity contribution in [2.75, 3.05) is 10.6 Å². The maximum absolute atomic E-state index is 12.3. The molecule has 0 saturated heterocycles. The Morgan fingerprint density at radius 1 is 1.19 bits per heavy atom. The number of anilines is 2. The molecular formula is C20H29N3O3. The second kappa shape index (κ2) is 8.54. The molecule has 142 valence electrons. The fraction of sp³-hybridized carbons (Fsp3) is 0.600. The lowest BCUT2D eigenvalue weighted by atomic mass is 9.93. The number of carbonyl (C=O) groups excluding carboxylic acids is 2. The van der Waals surface area contributed by atoms with E-state index in [1.807, 2.05) is 18.2 Å². The molecule has 0 unspecified atom stereocenters. The van der Waals surface area contributed by atoms with Crippen molar-refractivity contribution < 1.29 is 14.3 Å². The zero-order valence-electron chi connectivity index (χ0n) is 15.6. The fourth-order valence-corrected chi connectivity index (χ4v) is 3.73. The van der Waals surface area contributed by atoms with Crippen molar-refractivity contribution in [3.8, 4) is 0 Å². The van der Waals surface area contributed by atoms with Gasteiger partial charge in [0.1, 0.15) is 0 Å². The summed E-state index contributed by atoms with van der Waals surface area (Å²) >= 11 is 0. The highest BCUT2D eigenvalue weighted by Gasteiger charge is 2.23.